The second kappa shape index (κ2) is 4.84. The lowest BCUT2D eigenvalue weighted by Crippen LogP contribution is -2.31. The molecule has 0 fully saturated rings. The Morgan fingerprint density at radius 2 is 1.80 bits per heavy atom. The lowest BCUT2D eigenvalue weighted by molar-refractivity contribution is 0.550. The van der Waals surface area contributed by atoms with E-state index in [-0.39, 0.29) is 5.54 Å². The van der Waals surface area contributed by atoms with Crippen LogP contribution in [0.2, 0.25) is 0 Å². The van der Waals surface area contributed by atoms with E-state index in [2.05, 4.69) is 36.3 Å². The number of aryl methyl sites for hydroxylation is 2. The van der Waals surface area contributed by atoms with Crippen LogP contribution in [0, 0.1) is 13.8 Å². The number of nitrogens with one attached hydrogen (secondary N) is 1. The van der Waals surface area contributed by atoms with Gasteiger partial charge < -0.3 is 5.32 Å². The standard InChI is InChI=1S/C12H19ClN2/c1-9-7-11(8-10(2)14-9)15-12(3,4)5-6-13/h7-8H,5-6H2,1-4H3,(H,14,15). The second-order valence-corrected chi connectivity index (χ2v) is 4.96. The fourth-order valence-electron chi connectivity index (χ4n) is 1.60. The number of rotatable bonds is 4. The molecule has 0 aliphatic carbocycles. The molecule has 0 spiro atoms. The summed E-state index contributed by atoms with van der Waals surface area (Å²) in [7, 11) is 0. The van der Waals surface area contributed by atoms with Crippen molar-refractivity contribution in [2.45, 2.75) is 39.7 Å². The Balaban J connectivity index is 2.80. The van der Waals surface area contributed by atoms with Gasteiger partial charge in [-0.25, -0.2) is 0 Å². The molecule has 15 heavy (non-hydrogen) atoms. The number of hydrogen-bond donors (Lipinski definition) is 1. The maximum atomic E-state index is 5.76. The van der Waals surface area contributed by atoms with Crippen LogP contribution in [-0.4, -0.2) is 16.4 Å². The van der Waals surface area contributed by atoms with E-state index >= 15 is 0 Å². The van der Waals surface area contributed by atoms with Gasteiger partial charge in [0.05, 0.1) is 0 Å². The van der Waals surface area contributed by atoms with E-state index in [0.717, 1.165) is 23.5 Å². The van der Waals surface area contributed by atoms with Crippen molar-refractivity contribution in [2.24, 2.45) is 0 Å². The van der Waals surface area contributed by atoms with E-state index < -0.39 is 0 Å². The van der Waals surface area contributed by atoms with Crippen LogP contribution in [0.15, 0.2) is 12.1 Å². The molecule has 0 aliphatic rings. The molecule has 0 amide bonds. The molecule has 2 nitrogen and oxygen atoms in total. The van der Waals surface area contributed by atoms with Crippen molar-refractivity contribution in [1.82, 2.24) is 4.98 Å². The molecule has 0 atom stereocenters. The summed E-state index contributed by atoms with van der Waals surface area (Å²) in [4.78, 5) is 4.34. The van der Waals surface area contributed by atoms with Gasteiger partial charge in [-0.1, -0.05) is 0 Å². The fraction of sp³-hybridized carbons (Fsp3) is 0.583. The maximum absolute atomic E-state index is 5.76. The predicted octanol–water partition coefficient (Wildman–Crippen LogP) is 3.52. The Hall–Kier alpha value is -0.760. The maximum Gasteiger partial charge on any atom is 0.0396 e. The van der Waals surface area contributed by atoms with Crippen LogP contribution < -0.4 is 5.32 Å². The lowest BCUT2D eigenvalue weighted by Gasteiger charge is -2.27. The van der Waals surface area contributed by atoms with E-state index in [1.807, 2.05) is 13.8 Å². The smallest absolute Gasteiger partial charge is 0.0396 e. The van der Waals surface area contributed by atoms with Crippen LogP contribution >= 0.6 is 11.6 Å². The third-order valence-corrected chi connectivity index (χ3v) is 2.47. The first kappa shape index (κ1) is 12.3. The molecule has 1 heterocycles. The Bertz CT molecular complexity index is 314. The van der Waals surface area contributed by atoms with Gasteiger partial charge in [0.1, 0.15) is 0 Å². The highest BCUT2D eigenvalue weighted by molar-refractivity contribution is 6.17. The Morgan fingerprint density at radius 3 is 2.27 bits per heavy atom. The Labute approximate surface area is 97.1 Å². The van der Waals surface area contributed by atoms with Gasteiger partial charge in [-0.15, -0.1) is 11.6 Å². The Morgan fingerprint density at radius 1 is 1.27 bits per heavy atom. The number of pyridine rings is 1. The highest BCUT2D eigenvalue weighted by atomic mass is 35.5. The first-order chi connectivity index (χ1) is 6.93. The SMILES string of the molecule is Cc1cc(NC(C)(C)CCCl)cc(C)n1. The summed E-state index contributed by atoms with van der Waals surface area (Å²) in [6.45, 7) is 8.32. The molecule has 1 aromatic rings. The van der Waals surface area contributed by atoms with E-state index in [9.17, 15) is 0 Å². The third-order valence-electron chi connectivity index (χ3n) is 2.28. The van der Waals surface area contributed by atoms with Crippen LogP contribution in [0.1, 0.15) is 31.7 Å². The zero-order valence-corrected chi connectivity index (χ0v) is 10.7. The number of nitrogens with zero attached hydrogens (tertiary/aromatic N) is 1. The molecule has 84 valence electrons. The quantitative estimate of drug-likeness (QED) is 0.795. The van der Waals surface area contributed by atoms with Gasteiger partial charge >= 0.3 is 0 Å². The highest BCUT2D eigenvalue weighted by Gasteiger charge is 2.16. The van der Waals surface area contributed by atoms with Crippen LogP contribution in [0.4, 0.5) is 5.69 Å². The predicted molar refractivity (Wildman–Crippen MR) is 66.7 cm³/mol. The van der Waals surface area contributed by atoms with Crippen molar-refractivity contribution < 1.29 is 0 Å². The first-order valence-electron chi connectivity index (χ1n) is 5.22. The zero-order valence-electron chi connectivity index (χ0n) is 9.89. The Kier molecular flexibility index (Phi) is 3.97. The molecule has 0 radical (unpaired) electrons. The minimum atomic E-state index is 0.0297. The molecule has 0 saturated carbocycles. The molecular formula is C12H19ClN2. The van der Waals surface area contributed by atoms with Gasteiger partial charge in [-0.2, -0.15) is 0 Å². The van der Waals surface area contributed by atoms with Gasteiger partial charge in [0.25, 0.3) is 0 Å². The summed E-state index contributed by atoms with van der Waals surface area (Å²) in [6.07, 6.45) is 0.939. The zero-order chi connectivity index (χ0) is 11.5. The minimum Gasteiger partial charge on any atom is -0.380 e. The largest absolute Gasteiger partial charge is 0.380 e. The van der Waals surface area contributed by atoms with Crippen LogP contribution in [0.3, 0.4) is 0 Å². The summed E-state index contributed by atoms with van der Waals surface area (Å²) in [5.41, 5.74) is 3.23. The molecule has 3 heteroatoms. The number of alkyl halides is 1. The number of halogens is 1. The molecule has 1 N–H and O–H groups in total. The van der Waals surface area contributed by atoms with E-state index in [4.69, 9.17) is 11.6 Å². The van der Waals surface area contributed by atoms with E-state index in [0.29, 0.717) is 5.88 Å². The summed E-state index contributed by atoms with van der Waals surface area (Å²) in [5, 5.41) is 3.48. The van der Waals surface area contributed by atoms with Crippen molar-refractivity contribution >= 4 is 17.3 Å². The van der Waals surface area contributed by atoms with Crippen molar-refractivity contribution in [3.05, 3.63) is 23.5 Å². The van der Waals surface area contributed by atoms with Crippen molar-refractivity contribution in [3.8, 4) is 0 Å². The third kappa shape index (κ3) is 4.08. The van der Waals surface area contributed by atoms with Crippen molar-refractivity contribution in [3.63, 3.8) is 0 Å². The molecule has 0 bridgehead atoms. The summed E-state index contributed by atoms with van der Waals surface area (Å²) >= 11 is 5.76. The lowest BCUT2D eigenvalue weighted by atomic mass is 10.0. The van der Waals surface area contributed by atoms with E-state index in [1.165, 1.54) is 0 Å². The molecule has 0 aromatic carbocycles. The van der Waals surface area contributed by atoms with Crippen LogP contribution in [0.5, 0.6) is 0 Å². The monoisotopic (exact) mass is 226 g/mol. The average molecular weight is 227 g/mol. The fourth-order valence-corrected chi connectivity index (χ4v) is 2.07. The summed E-state index contributed by atoms with van der Waals surface area (Å²) in [6, 6.07) is 4.12. The van der Waals surface area contributed by atoms with Crippen LogP contribution in [-0.2, 0) is 0 Å². The molecule has 1 aromatic heterocycles. The van der Waals surface area contributed by atoms with Gasteiger partial charge in [-0.05, 0) is 46.2 Å². The summed E-state index contributed by atoms with van der Waals surface area (Å²) in [5.74, 6) is 0.670. The molecule has 1 rings (SSSR count). The minimum absolute atomic E-state index is 0.0297. The van der Waals surface area contributed by atoms with Gasteiger partial charge in [0, 0.05) is 28.5 Å². The van der Waals surface area contributed by atoms with Gasteiger partial charge in [-0.3, -0.25) is 4.98 Å². The van der Waals surface area contributed by atoms with Gasteiger partial charge in [0.15, 0.2) is 0 Å². The van der Waals surface area contributed by atoms with Gasteiger partial charge in [0.2, 0.25) is 0 Å². The normalized spacial score (nSPS) is 11.5. The summed E-state index contributed by atoms with van der Waals surface area (Å²) < 4.78 is 0. The molecule has 0 saturated heterocycles. The number of hydrogen-bond acceptors (Lipinski definition) is 2. The van der Waals surface area contributed by atoms with E-state index in [1.54, 1.807) is 0 Å². The first-order valence-corrected chi connectivity index (χ1v) is 5.76. The van der Waals surface area contributed by atoms with Crippen LogP contribution in [0.25, 0.3) is 0 Å². The number of aromatic nitrogens is 1. The van der Waals surface area contributed by atoms with Crippen molar-refractivity contribution in [2.75, 3.05) is 11.2 Å². The average Bonchev–Trinajstić information content (AvgIpc) is 1.99. The van der Waals surface area contributed by atoms with Crippen molar-refractivity contribution in [1.29, 1.82) is 0 Å². The molecule has 0 unspecified atom stereocenters. The highest BCUT2D eigenvalue weighted by Crippen LogP contribution is 2.19. The topological polar surface area (TPSA) is 24.9 Å². The second-order valence-electron chi connectivity index (χ2n) is 4.59. The molecule has 0 aliphatic heterocycles. The molecular weight excluding hydrogens is 208 g/mol. The number of anilines is 1.